The van der Waals surface area contributed by atoms with Gasteiger partial charge in [0.2, 0.25) is 0 Å². The third kappa shape index (κ3) is 1.49. The van der Waals surface area contributed by atoms with Gasteiger partial charge in [-0.3, -0.25) is 14.2 Å². The predicted octanol–water partition coefficient (Wildman–Crippen LogP) is 2.57. The molecule has 0 fully saturated rings. The molecule has 0 saturated carbocycles. The summed E-state index contributed by atoms with van der Waals surface area (Å²) < 4.78 is 1.95. The monoisotopic (exact) mass is 245 g/mol. The van der Waals surface area contributed by atoms with Gasteiger partial charge in [-0.25, -0.2) is 4.98 Å². The second kappa shape index (κ2) is 3.53. The highest BCUT2D eigenvalue weighted by atomic mass is 35.5. The first-order valence-electron chi connectivity index (χ1n) is 5.09. The Morgan fingerprint density at radius 2 is 2.06 bits per heavy atom. The van der Waals surface area contributed by atoms with E-state index in [1.807, 2.05) is 11.3 Å². The Labute approximate surface area is 102 Å². The van der Waals surface area contributed by atoms with Crippen LogP contribution in [0.3, 0.4) is 0 Å². The molecule has 2 heterocycles. The van der Waals surface area contributed by atoms with Crippen LogP contribution in [0.5, 0.6) is 0 Å². The second-order valence-electron chi connectivity index (χ2n) is 3.80. The Morgan fingerprint density at radius 3 is 2.82 bits per heavy atom. The van der Waals surface area contributed by atoms with Crippen molar-refractivity contribution in [3.05, 3.63) is 42.0 Å². The number of hydrogen-bond donors (Lipinski definition) is 0. The van der Waals surface area contributed by atoms with E-state index in [0.717, 1.165) is 22.4 Å². The minimum atomic E-state index is -0.471. The number of fused-ring (bicyclic) bond motifs is 3. The molecule has 3 aromatic rings. The van der Waals surface area contributed by atoms with Crippen LogP contribution in [-0.4, -0.2) is 19.6 Å². The maximum absolute atomic E-state index is 11.2. The van der Waals surface area contributed by atoms with E-state index in [-0.39, 0.29) is 0 Å². The van der Waals surface area contributed by atoms with E-state index in [0.29, 0.717) is 5.56 Å². The Kier molecular flexibility index (Phi) is 2.12. The molecule has 1 aromatic carbocycles. The highest BCUT2D eigenvalue weighted by Crippen LogP contribution is 2.18. The van der Waals surface area contributed by atoms with Crippen molar-refractivity contribution in [2.45, 2.75) is 6.92 Å². The fourth-order valence-corrected chi connectivity index (χ4v) is 2.05. The van der Waals surface area contributed by atoms with Crippen LogP contribution in [0.25, 0.3) is 16.6 Å². The van der Waals surface area contributed by atoms with Crippen LogP contribution < -0.4 is 0 Å². The molecule has 0 aliphatic heterocycles. The number of carbonyl (C=O) groups is 1. The number of benzene rings is 1. The number of nitrogens with zero attached hydrogens (tertiary/aromatic N) is 3. The average molecular weight is 246 g/mol. The largest absolute Gasteiger partial charge is 0.293 e. The van der Waals surface area contributed by atoms with Crippen molar-refractivity contribution in [2.75, 3.05) is 0 Å². The summed E-state index contributed by atoms with van der Waals surface area (Å²) in [7, 11) is 0. The van der Waals surface area contributed by atoms with Crippen molar-refractivity contribution in [2.24, 2.45) is 0 Å². The SMILES string of the molecule is Cc1ncc2cnc3ccc(C(=O)Cl)cc3n12. The number of halogens is 1. The van der Waals surface area contributed by atoms with Crippen molar-refractivity contribution >= 4 is 33.4 Å². The number of aromatic nitrogens is 3. The van der Waals surface area contributed by atoms with Gasteiger partial charge in [-0.05, 0) is 36.7 Å². The summed E-state index contributed by atoms with van der Waals surface area (Å²) in [6, 6.07) is 5.19. The number of imidazole rings is 1. The first-order chi connectivity index (χ1) is 8.16. The van der Waals surface area contributed by atoms with Gasteiger partial charge in [0.1, 0.15) is 5.82 Å². The Hall–Kier alpha value is -1.94. The standard InChI is InChI=1S/C12H8ClN3O/c1-7-14-5-9-6-15-10-3-2-8(12(13)17)4-11(10)16(7)9/h2-6H,1H3. The summed E-state index contributed by atoms with van der Waals surface area (Å²) >= 11 is 5.48. The lowest BCUT2D eigenvalue weighted by atomic mass is 10.2. The molecule has 17 heavy (non-hydrogen) atoms. The minimum absolute atomic E-state index is 0.460. The molecule has 5 heteroatoms. The van der Waals surface area contributed by atoms with Gasteiger partial charge in [0.15, 0.2) is 0 Å². The lowest BCUT2D eigenvalue weighted by molar-refractivity contribution is 0.108. The van der Waals surface area contributed by atoms with Crippen molar-refractivity contribution in [1.29, 1.82) is 0 Å². The number of carbonyl (C=O) groups excluding carboxylic acids is 1. The van der Waals surface area contributed by atoms with Gasteiger partial charge < -0.3 is 0 Å². The molecule has 84 valence electrons. The van der Waals surface area contributed by atoms with Crippen LogP contribution in [-0.2, 0) is 0 Å². The van der Waals surface area contributed by atoms with Crippen LogP contribution in [0.4, 0.5) is 0 Å². The molecule has 0 bridgehead atoms. The Morgan fingerprint density at radius 1 is 1.29 bits per heavy atom. The highest BCUT2D eigenvalue weighted by Gasteiger charge is 2.08. The van der Waals surface area contributed by atoms with E-state index >= 15 is 0 Å². The maximum Gasteiger partial charge on any atom is 0.252 e. The summed E-state index contributed by atoms with van der Waals surface area (Å²) in [6.07, 6.45) is 3.50. The number of aryl methyl sites for hydroxylation is 1. The molecule has 0 N–H and O–H groups in total. The number of hydrogen-bond acceptors (Lipinski definition) is 3. The molecule has 2 aromatic heterocycles. The fourth-order valence-electron chi connectivity index (χ4n) is 1.94. The predicted molar refractivity (Wildman–Crippen MR) is 65.4 cm³/mol. The van der Waals surface area contributed by atoms with Gasteiger partial charge in [-0.15, -0.1) is 0 Å². The molecule has 3 rings (SSSR count). The van der Waals surface area contributed by atoms with Crippen LogP contribution in [0.1, 0.15) is 16.2 Å². The van der Waals surface area contributed by atoms with E-state index in [9.17, 15) is 4.79 Å². The van der Waals surface area contributed by atoms with Gasteiger partial charge in [0, 0.05) is 5.56 Å². The Balaban J connectivity index is 2.49. The quantitative estimate of drug-likeness (QED) is 0.619. The molecular formula is C12H8ClN3O. The molecule has 0 spiro atoms. The van der Waals surface area contributed by atoms with E-state index in [2.05, 4.69) is 9.97 Å². The second-order valence-corrected chi connectivity index (χ2v) is 4.14. The summed E-state index contributed by atoms with van der Waals surface area (Å²) in [5.41, 5.74) is 3.00. The summed E-state index contributed by atoms with van der Waals surface area (Å²) in [6.45, 7) is 1.90. The minimum Gasteiger partial charge on any atom is -0.293 e. The topological polar surface area (TPSA) is 47.3 Å². The normalized spacial score (nSPS) is 11.2. The zero-order valence-corrected chi connectivity index (χ0v) is 9.77. The molecule has 0 radical (unpaired) electrons. The van der Waals surface area contributed by atoms with Gasteiger partial charge in [-0.2, -0.15) is 0 Å². The van der Waals surface area contributed by atoms with Gasteiger partial charge in [0.05, 0.1) is 28.9 Å². The van der Waals surface area contributed by atoms with Crippen LogP contribution in [0.2, 0.25) is 0 Å². The van der Waals surface area contributed by atoms with E-state index in [4.69, 9.17) is 11.6 Å². The molecular weight excluding hydrogens is 238 g/mol. The zero-order chi connectivity index (χ0) is 12.0. The smallest absolute Gasteiger partial charge is 0.252 e. The lowest BCUT2D eigenvalue weighted by Gasteiger charge is -2.04. The highest BCUT2D eigenvalue weighted by molar-refractivity contribution is 6.67. The third-order valence-corrected chi connectivity index (χ3v) is 2.96. The molecule has 0 amide bonds. The average Bonchev–Trinajstić information content (AvgIpc) is 2.70. The zero-order valence-electron chi connectivity index (χ0n) is 9.01. The third-order valence-electron chi connectivity index (χ3n) is 2.74. The summed E-state index contributed by atoms with van der Waals surface area (Å²) in [4.78, 5) is 19.7. The molecule has 0 aliphatic carbocycles. The van der Waals surface area contributed by atoms with Crippen molar-refractivity contribution in [3.63, 3.8) is 0 Å². The van der Waals surface area contributed by atoms with Crippen molar-refractivity contribution in [1.82, 2.24) is 14.4 Å². The van der Waals surface area contributed by atoms with E-state index in [1.54, 1.807) is 30.6 Å². The van der Waals surface area contributed by atoms with Gasteiger partial charge in [-0.1, -0.05) is 0 Å². The molecule has 0 saturated heterocycles. The molecule has 4 nitrogen and oxygen atoms in total. The number of rotatable bonds is 1. The summed E-state index contributed by atoms with van der Waals surface area (Å²) in [5, 5.41) is -0.471. The van der Waals surface area contributed by atoms with Crippen LogP contribution >= 0.6 is 11.6 Å². The fraction of sp³-hybridized carbons (Fsp3) is 0.0833. The lowest BCUT2D eigenvalue weighted by Crippen LogP contribution is -1.96. The van der Waals surface area contributed by atoms with Crippen molar-refractivity contribution < 1.29 is 4.79 Å². The summed E-state index contributed by atoms with van der Waals surface area (Å²) in [5.74, 6) is 0.853. The van der Waals surface area contributed by atoms with Crippen molar-refractivity contribution in [3.8, 4) is 0 Å². The van der Waals surface area contributed by atoms with Gasteiger partial charge in [0.25, 0.3) is 5.24 Å². The first-order valence-corrected chi connectivity index (χ1v) is 5.47. The van der Waals surface area contributed by atoms with Crippen LogP contribution in [0, 0.1) is 6.92 Å². The van der Waals surface area contributed by atoms with E-state index < -0.39 is 5.24 Å². The van der Waals surface area contributed by atoms with Gasteiger partial charge >= 0.3 is 0 Å². The maximum atomic E-state index is 11.2. The van der Waals surface area contributed by atoms with Crippen LogP contribution in [0.15, 0.2) is 30.6 Å². The molecule has 0 atom stereocenters. The molecule has 0 aliphatic rings. The Bertz CT molecular complexity index is 748. The van der Waals surface area contributed by atoms with E-state index in [1.165, 1.54) is 0 Å². The first kappa shape index (κ1) is 10.2. The molecule has 0 unspecified atom stereocenters.